The molecule has 1 heterocycles. The van der Waals surface area contributed by atoms with E-state index in [0.29, 0.717) is 5.92 Å². The van der Waals surface area contributed by atoms with Crippen LogP contribution in [-0.4, -0.2) is 19.8 Å². The molecule has 2 rings (SSSR count). The molecule has 94 valence electrons. The first-order valence-electron chi connectivity index (χ1n) is 6.67. The summed E-state index contributed by atoms with van der Waals surface area (Å²) >= 11 is 0. The first-order chi connectivity index (χ1) is 8.25. The Kier molecular flexibility index (Phi) is 4.43. The standard InChI is InChI=1S/C15H23NO/c1-12(2)14-4-3-5-15(10-14)16-11-13-6-8-17-9-7-13/h3-5,10,12-13,16H,6-9,11H2,1-2H3. The van der Waals surface area contributed by atoms with Crippen LogP contribution in [0.5, 0.6) is 0 Å². The molecule has 0 amide bonds. The molecule has 1 aromatic rings. The van der Waals surface area contributed by atoms with Crippen LogP contribution in [0.25, 0.3) is 0 Å². The topological polar surface area (TPSA) is 21.3 Å². The Labute approximate surface area is 104 Å². The molecule has 1 aliphatic heterocycles. The van der Waals surface area contributed by atoms with Crippen molar-refractivity contribution < 1.29 is 4.74 Å². The van der Waals surface area contributed by atoms with Gasteiger partial charge in [-0.15, -0.1) is 0 Å². The van der Waals surface area contributed by atoms with Crippen molar-refractivity contribution in [2.45, 2.75) is 32.6 Å². The SMILES string of the molecule is CC(C)c1cccc(NCC2CCOCC2)c1. The molecule has 1 aliphatic rings. The second-order valence-corrected chi connectivity index (χ2v) is 5.22. The third-order valence-corrected chi connectivity index (χ3v) is 3.49. The highest BCUT2D eigenvalue weighted by atomic mass is 16.5. The summed E-state index contributed by atoms with van der Waals surface area (Å²) in [5, 5.41) is 3.55. The minimum atomic E-state index is 0.597. The minimum Gasteiger partial charge on any atom is -0.385 e. The van der Waals surface area contributed by atoms with Gasteiger partial charge in [0.2, 0.25) is 0 Å². The summed E-state index contributed by atoms with van der Waals surface area (Å²) in [6.45, 7) is 7.40. The molecule has 1 aromatic carbocycles. The third-order valence-electron chi connectivity index (χ3n) is 3.49. The number of hydrogen-bond acceptors (Lipinski definition) is 2. The molecular weight excluding hydrogens is 210 g/mol. The lowest BCUT2D eigenvalue weighted by atomic mass is 10.00. The van der Waals surface area contributed by atoms with Crippen LogP contribution in [-0.2, 0) is 4.74 Å². The molecule has 0 aromatic heterocycles. The molecule has 2 heteroatoms. The zero-order valence-corrected chi connectivity index (χ0v) is 10.9. The molecule has 17 heavy (non-hydrogen) atoms. The molecule has 0 unspecified atom stereocenters. The maximum atomic E-state index is 5.37. The lowest BCUT2D eigenvalue weighted by molar-refractivity contribution is 0.0699. The van der Waals surface area contributed by atoms with Crippen molar-refractivity contribution >= 4 is 5.69 Å². The molecular formula is C15H23NO. The highest BCUT2D eigenvalue weighted by Crippen LogP contribution is 2.20. The van der Waals surface area contributed by atoms with E-state index in [-0.39, 0.29) is 0 Å². The van der Waals surface area contributed by atoms with Crippen molar-refractivity contribution in [2.75, 3.05) is 25.1 Å². The number of ether oxygens (including phenoxy) is 1. The fourth-order valence-corrected chi connectivity index (χ4v) is 2.22. The lowest BCUT2D eigenvalue weighted by Gasteiger charge is -2.22. The first-order valence-corrected chi connectivity index (χ1v) is 6.67. The fourth-order valence-electron chi connectivity index (χ4n) is 2.22. The summed E-state index contributed by atoms with van der Waals surface area (Å²) in [4.78, 5) is 0. The van der Waals surface area contributed by atoms with E-state index in [9.17, 15) is 0 Å². The number of hydrogen-bond donors (Lipinski definition) is 1. The average molecular weight is 233 g/mol. The van der Waals surface area contributed by atoms with Gasteiger partial charge in [-0.05, 0) is 42.4 Å². The van der Waals surface area contributed by atoms with Gasteiger partial charge >= 0.3 is 0 Å². The zero-order chi connectivity index (χ0) is 12.1. The molecule has 0 spiro atoms. The van der Waals surface area contributed by atoms with E-state index in [1.807, 2.05) is 0 Å². The Hall–Kier alpha value is -1.02. The molecule has 0 atom stereocenters. The third kappa shape index (κ3) is 3.74. The number of nitrogens with one attached hydrogen (secondary N) is 1. The van der Waals surface area contributed by atoms with Gasteiger partial charge in [-0.2, -0.15) is 0 Å². The van der Waals surface area contributed by atoms with Crippen LogP contribution in [0, 0.1) is 5.92 Å². The summed E-state index contributed by atoms with van der Waals surface area (Å²) in [7, 11) is 0. The normalized spacial score (nSPS) is 17.4. The largest absolute Gasteiger partial charge is 0.385 e. The van der Waals surface area contributed by atoms with Gasteiger partial charge in [-0.1, -0.05) is 26.0 Å². The van der Waals surface area contributed by atoms with Crippen molar-refractivity contribution in [2.24, 2.45) is 5.92 Å². The van der Waals surface area contributed by atoms with Crippen molar-refractivity contribution in [1.82, 2.24) is 0 Å². The predicted molar refractivity (Wildman–Crippen MR) is 72.6 cm³/mol. The van der Waals surface area contributed by atoms with E-state index in [1.54, 1.807) is 0 Å². The molecule has 0 bridgehead atoms. The van der Waals surface area contributed by atoms with Crippen molar-refractivity contribution in [3.8, 4) is 0 Å². The Morgan fingerprint density at radius 3 is 2.76 bits per heavy atom. The van der Waals surface area contributed by atoms with Gasteiger partial charge in [0.1, 0.15) is 0 Å². The second kappa shape index (κ2) is 6.06. The smallest absolute Gasteiger partial charge is 0.0469 e. The van der Waals surface area contributed by atoms with Crippen LogP contribution in [0.15, 0.2) is 24.3 Å². The quantitative estimate of drug-likeness (QED) is 0.857. The fraction of sp³-hybridized carbons (Fsp3) is 0.600. The Balaban J connectivity index is 1.87. The Bertz CT molecular complexity index is 343. The molecule has 0 radical (unpaired) electrons. The van der Waals surface area contributed by atoms with Crippen LogP contribution in [0.2, 0.25) is 0 Å². The monoisotopic (exact) mass is 233 g/mol. The lowest BCUT2D eigenvalue weighted by Crippen LogP contribution is -2.22. The van der Waals surface area contributed by atoms with Gasteiger partial charge in [0.15, 0.2) is 0 Å². The highest BCUT2D eigenvalue weighted by Gasteiger charge is 2.13. The van der Waals surface area contributed by atoms with Gasteiger partial charge in [0, 0.05) is 25.4 Å². The van der Waals surface area contributed by atoms with E-state index >= 15 is 0 Å². The zero-order valence-electron chi connectivity index (χ0n) is 10.9. The van der Waals surface area contributed by atoms with Gasteiger partial charge < -0.3 is 10.1 Å². The number of benzene rings is 1. The Morgan fingerprint density at radius 2 is 2.06 bits per heavy atom. The van der Waals surface area contributed by atoms with E-state index in [0.717, 1.165) is 25.7 Å². The van der Waals surface area contributed by atoms with Crippen LogP contribution >= 0.6 is 0 Å². The van der Waals surface area contributed by atoms with Crippen LogP contribution < -0.4 is 5.32 Å². The molecule has 1 saturated heterocycles. The van der Waals surface area contributed by atoms with Gasteiger partial charge in [-0.3, -0.25) is 0 Å². The summed E-state index contributed by atoms with van der Waals surface area (Å²) in [6, 6.07) is 8.77. The van der Waals surface area contributed by atoms with Gasteiger partial charge in [0.25, 0.3) is 0 Å². The van der Waals surface area contributed by atoms with Crippen molar-refractivity contribution in [1.29, 1.82) is 0 Å². The van der Waals surface area contributed by atoms with Crippen molar-refractivity contribution in [3.05, 3.63) is 29.8 Å². The average Bonchev–Trinajstić information content (AvgIpc) is 2.38. The predicted octanol–water partition coefficient (Wildman–Crippen LogP) is 3.65. The minimum absolute atomic E-state index is 0.597. The van der Waals surface area contributed by atoms with Crippen LogP contribution in [0.1, 0.15) is 38.2 Å². The summed E-state index contributed by atoms with van der Waals surface area (Å²) in [5.41, 5.74) is 2.66. The van der Waals surface area contributed by atoms with E-state index in [2.05, 4.69) is 43.4 Å². The molecule has 0 saturated carbocycles. The van der Waals surface area contributed by atoms with Gasteiger partial charge in [0.05, 0.1) is 0 Å². The van der Waals surface area contributed by atoms with Gasteiger partial charge in [-0.25, -0.2) is 0 Å². The van der Waals surface area contributed by atoms with Crippen LogP contribution in [0.3, 0.4) is 0 Å². The summed E-state index contributed by atoms with van der Waals surface area (Å²) < 4.78 is 5.37. The first kappa shape index (κ1) is 12.4. The van der Waals surface area contributed by atoms with E-state index in [1.165, 1.54) is 24.1 Å². The second-order valence-electron chi connectivity index (χ2n) is 5.22. The van der Waals surface area contributed by atoms with E-state index in [4.69, 9.17) is 4.74 Å². The Morgan fingerprint density at radius 1 is 1.29 bits per heavy atom. The maximum absolute atomic E-state index is 5.37. The summed E-state index contributed by atoms with van der Waals surface area (Å²) in [6.07, 6.45) is 2.38. The summed E-state index contributed by atoms with van der Waals surface area (Å²) in [5.74, 6) is 1.37. The number of anilines is 1. The highest BCUT2D eigenvalue weighted by molar-refractivity contribution is 5.46. The maximum Gasteiger partial charge on any atom is 0.0469 e. The number of rotatable bonds is 4. The molecule has 1 N–H and O–H groups in total. The molecule has 2 nitrogen and oxygen atoms in total. The van der Waals surface area contributed by atoms with E-state index < -0.39 is 0 Å². The van der Waals surface area contributed by atoms with Crippen molar-refractivity contribution in [3.63, 3.8) is 0 Å². The molecule has 1 fully saturated rings. The van der Waals surface area contributed by atoms with Crippen LogP contribution in [0.4, 0.5) is 5.69 Å². The molecule has 0 aliphatic carbocycles.